The molecule has 32 heavy (non-hydrogen) atoms. The number of carbonyl (C=O) groups excluding carboxylic acids is 2. The first-order valence-electron chi connectivity index (χ1n) is 11.8. The Bertz CT molecular complexity index is 902. The van der Waals surface area contributed by atoms with Crippen LogP contribution < -0.4 is 4.74 Å². The van der Waals surface area contributed by atoms with Crippen LogP contribution in [0.5, 0.6) is 5.75 Å². The highest BCUT2D eigenvalue weighted by atomic mass is 16.5. The van der Waals surface area contributed by atoms with Gasteiger partial charge in [0.25, 0.3) is 11.8 Å². The summed E-state index contributed by atoms with van der Waals surface area (Å²) in [5.74, 6) is 1.29. The van der Waals surface area contributed by atoms with Crippen molar-refractivity contribution in [3.05, 3.63) is 65.2 Å². The quantitative estimate of drug-likeness (QED) is 0.582. The number of hydrogen-bond acceptors (Lipinski definition) is 3. The van der Waals surface area contributed by atoms with Crippen molar-refractivity contribution in [2.75, 3.05) is 26.2 Å². The maximum absolute atomic E-state index is 13.0. The van der Waals surface area contributed by atoms with Gasteiger partial charge in [0.2, 0.25) is 0 Å². The van der Waals surface area contributed by atoms with Gasteiger partial charge in [-0.1, -0.05) is 45.0 Å². The van der Waals surface area contributed by atoms with Gasteiger partial charge in [0.05, 0.1) is 0 Å². The molecular formula is C27H36N2O3. The van der Waals surface area contributed by atoms with Crippen LogP contribution in [0.2, 0.25) is 0 Å². The molecule has 0 atom stereocenters. The fourth-order valence-corrected chi connectivity index (χ4v) is 4.51. The van der Waals surface area contributed by atoms with Gasteiger partial charge in [-0.3, -0.25) is 9.59 Å². The van der Waals surface area contributed by atoms with Crippen LogP contribution >= 0.6 is 0 Å². The largest absolute Gasteiger partial charge is 0.484 e. The minimum Gasteiger partial charge on any atom is -0.484 e. The van der Waals surface area contributed by atoms with Crippen LogP contribution in [0.15, 0.2) is 48.5 Å². The van der Waals surface area contributed by atoms with Gasteiger partial charge >= 0.3 is 0 Å². The molecule has 2 aromatic rings. The first-order chi connectivity index (χ1) is 15.4. The molecule has 3 rings (SSSR count). The lowest BCUT2D eigenvalue weighted by Gasteiger charge is -2.38. The summed E-state index contributed by atoms with van der Waals surface area (Å²) in [6, 6.07) is 15.6. The number of aryl methyl sites for hydroxylation is 1. The predicted octanol–water partition coefficient (Wildman–Crippen LogP) is 5.04. The molecule has 0 N–H and O–H groups in total. The second kappa shape index (κ2) is 11.2. The fraction of sp³-hybridized carbons (Fsp3) is 0.481. The molecule has 1 aliphatic rings. The van der Waals surface area contributed by atoms with Gasteiger partial charge in [0, 0.05) is 31.2 Å². The van der Waals surface area contributed by atoms with E-state index in [4.69, 9.17) is 4.74 Å². The van der Waals surface area contributed by atoms with Crippen LogP contribution in [0.1, 0.15) is 67.4 Å². The maximum Gasteiger partial charge on any atom is 0.260 e. The van der Waals surface area contributed by atoms with Crippen LogP contribution in [0, 0.1) is 6.92 Å². The summed E-state index contributed by atoms with van der Waals surface area (Å²) < 4.78 is 5.86. The molecule has 0 radical (unpaired) electrons. The highest BCUT2D eigenvalue weighted by Crippen LogP contribution is 2.24. The zero-order chi connectivity index (χ0) is 23.1. The van der Waals surface area contributed by atoms with E-state index < -0.39 is 0 Å². The minimum absolute atomic E-state index is 0.0188. The molecule has 0 spiro atoms. The number of carbonyl (C=O) groups is 2. The van der Waals surface area contributed by atoms with Crippen molar-refractivity contribution in [3.63, 3.8) is 0 Å². The monoisotopic (exact) mass is 436 g/mol. The molecule has 0 aliphatic carbocycles. The van der Waals surface area contributed by atoms with E-state index in [1.165, 1.54) is 11.1 Å². The number of benzene rings is 2. The van der Waals surface area contributed by atoms with E-state index in [-0.39, 0.29) is 24.5 Å². The lowest BCUT2D eigenvalue weighted by Crippen LogP contribution is -2.50. The average molecular weight is 437 g/mol. The zero-order valence-electron chi connectivity index (χ0n) is 19.8. The fourth-order valence-electron chi connectivity index (χ4n) is 4.51. The lowest BCUT2D eigenvalue weighted by atomic mass is 9.98. The summed E-state index contributed by atoms with van der Waals surface area (Å²) in [5.41, 5.74) is 3.21. The number of amides is 2. The van der Waals surface area contributed by atoms with Gasteiger partial charge < -0.3 is 14.5 Å². The third-order valence-corrected chi connectivity index (χ3v) is 6.22. The Labute approximate surface area is 192 Å². The molecule has 1 saturated heterocycles. The molecule has 2 aromatic carbocycles. The van der Waals surface area contributed by atoms with Crippen molar-refractivity contribution in [2.45, 2.75) is 58.9 Å². The Morgan fingerprint density at radius 2 is 1.78 bits per heavy atom. The first kappa shape index (κ1) is 23.8. The van der Waals surface area contributed by atoms with Crippen molar-refractivity contribution in [1.82, 2.24) is 9.80 Å². The molecule has 0 aromatic heterocycles. The van der Waals surface area contributed by atoms with E-state index in [1.807, 2.05) is 52.3 Å². The van der Waals surface area contributed by atoms with Gasteiger partial charge in [-0.25, -0.2) is 0 Å². The molecule has 2 amide bonds. The number of rotatable bonds is 8. The van der Waals surface area contributed by atoms with E-state index >= 15 is 0 Å². The molecule has 0 unspecified atom stereocenters. The van der Waals surface area contributed by atoms with Gasteiger partial charge in [-0.15, -0.1) is 0 Å². The molecule has 172 valence electrons. The third kappa shape index (κ3) is 5.90. The molecular weight excluding hydrogens is 400 g/mol. The number of piperidine rings is 1. The summed E-state index contributed by atoms with van der Waals surface area (Å²) in [5, 5.41) is 0. The maximum atomic E-state index is 13.0. The Balaban J connectivity index is 1.56. The van der Waals surface area contributed by atoms with Crippen molar-refractivity contribution < 1.29 is 14.3 Å². The molecule has 0 saturated carbocycles. The Morgan fingerprint density at radius 3 is 2.38 bits per heavy atom. The standard InChI is InChI=1S/C27H36N2O3/c1-5-15-29(26(30)19-32-24-11-12-25(20(2)3)21(4)18-24)23-13-16-28(17-14-23)27(31)22-9-7-6-8-10-22/h6-12,18,20,23H,5,13-17,19H2,1-4H3. The summed E-state index contributed by atoms with van der Waals surface area (Å²) >= 11 is 0. The van der Waals surface area contributed by atoms with E-state index in [0.29, 0.717) is 25.6 Å². The van der Waals surface area contributed by atoms with E-state index in [9.17, 15) is 9.59 Å². The summed E-state index contributed by atoms with van der Waals surface area (Å²) in [7, 11) is 0. The van der Waals surface area contributed by atoms with E-state index in [1.54, 1.807) is 0 Å². The molecule has 0 bridgehead atoms. The Kier molecular flexibility index (Phi) is 8.32. The SMILES string of the molecule is CCCN(C(=O)COc1ccc(C(C)C)c(C)c1)C1CCN(C(=O)c2ccccc2)CC1. The topological polar surface area (TPSA) is 49.9 Å². The number of ether oxygens (including phenoxy) is 1. The van der Waals surface area contributed by atoms with E-state index in [2.05, 4.69) is 33.8 Å². The van der Waals surface area contributed by atoms with Gasteiger partial charge in [0.1, 0.15) is 5.75 Å². The van der Waals surface area contributed by atoms with Crippen LogP contribution in [-0.4, -0.2) is 53.9 Å². The number of nitrogens with zero attached hydrogens (tertiary/aromatic N) is 2. The van der Waals surface area contributed by atoms with Crippen LogP contribution in [0.3, 0.4) is 0 Å². The predicted molar refractivity (Wildman–Crippen MR) is 128 cm³/mol. The highest BCUT2D eigenvalue weighted by molar-refractivity contribution is 5.94. The second-order valence-corrected chi connectivity index (χ2v) is 8.94. The number of likely N-dealkylation sites (tertiary alicyclic amines) is 1. The van der Waals surface area contributed by atoms with Crippen LogP contribution in [-0.2, 0) is 4.79 Å². The first-order valence-corrected chi connectivity index (χ1v) is 11.8. The summed E-state index contributed by atoms with van der Waals surface area (Å²) in [6.45, 7) is 10.6. The zero-order valence-corrected chi connectivity index (χ0v) is 19.8. The van der Waals surface area contributed by atoms with Gasteiger partial charge in [0.15, 0.2) is 6.61 Å². The van der Waals surface area contributed by atoms with Crippen molar-refractivity contribution in [1.29, 1.82) is 0 Å². The number of hydrogen-bond donors (Lipinski definition) is 0. The molecule has 1 heterocycles. The second-order valence-electron chi connectivity index (χ2n) is 8.94. The van der Waals surface area contributed by atoms with Crippen LogP contribution in [0.4, 0.5) is 0 Å². The normalized spacial score (nSPS) is 14.5. The Morgan fingerprint density at radius 1 is 1.09 bits per heavy atom. The minimum atomic E-state index is 0.0188. The molecule has 1 fully saturated rings. The summed E-state index contributed by atoms with van der Waals surface area (Å²) in [6.07, 6.45) is 2.50. The van der Waals surface area contributed by atoms with E-state index in [0.717, 1.165) is 30.6 Å². The highest BCUT2D eigenvalue weighted by Gasteiger charge is 2.29. The third-order valence-electron chi connectivity index (χ3n) is 6.22. The van der Waals surface area contributed by atoms with Crippen molar-refractivity contribution >= 4 is 11.8 Å². The van der Waals surface area contributed by atoms with Crippen molar-refractivity contribution in [2.24, 2.45) is 0 Å². The van der Waals surface area contributed by atoms with Gasteiger partial charge in [-0.05, 0) is 67.5 Å². The molecule has 5 nitrogen and oxygen atoms in total. The Hall–Kier alpha value is -2.82. The van der Waals surface area contributed by atoms with Crippen LogP contribution in [0.25, 0.3) is 0 Å². The molecule has 1 aliphatic heterocycles. The lowest BCUT2D eigenvalue weighted by molar-refractivity contribution is -0.136. The van der Waals surface area contributed by atoms with Gasteiger partial charge in [-0.2, -0.15) is 0 Å². The average Bonchev–Trinajstić information content (AvgIpc) is 2.81. The summed E-state index contributed by atoms with van der Waals surface area (Å²) in [4.78, 5) is 29.6. The van der Waals surface area contributed by atoms with Crippen molar-refractivity contribution in [3.8, 4) is 5.75 Å². The smallest absolute Gasteiger partial charge is 0.260 e. The molecule has 5 heteroatoms.